The molecule has 2 aliphatic rings. The van der Waals surface area contributed by atoms with Gasteiger partial charge in [0.05, 0.1) is 5.92 Å². The maximum atomic E-state index is 13.6. The molecule has 0 unspecified atom stereocenters. The quantitative estimate of drug-likeness (QED) is 0.549. The maximum absolute atomic E-state index is 13.6. The van der Waals surface area contributed by atoms with E-state index in [1.165, 1.54) is 37.1 Å². The second kappa shape index (κ2) is 9.82. The fraction of sp³-hybridized carbons (Fsp3) is 0.423. The average molecular weight is 447 g/mol. The monoisotopic (exact) mass is 446 g/mol. The molecule has 1 saturated carbocycles. The summed E-state index contributed by atoms with van der Waals surface area (Å²) in [6, 6.07) is 20.3. The first-order valence-electron chi connectivity index (χ1n) is 11.8. The van der Waals surface area contributed by atoms with Crippen molar-refractivity contribution in [3.8, 4) is 0 Å². The Bertz CT molecular complexity index is 969. The van der Waals surface area contributed by atoms with E-state index in [1.807, 2.05) is 41.3 Å². The molecule has 2 aromatic carbocycles. The van der Waals surface area contributed by atoms with Gasteiger partial charge in [-0.25, -0.2) is 0 Å². The van der Waals surface area contributed by atoms with Gasteiger partial charge in [-0.2, -0.15) is 0 Å². The van der Waals surface area contributed by atoms with Crippen molar-refractivity contribution in [3.63, 3.8) is 0 Å². The van der Waals surface area contributed by atoms with Gasteiger partial charge in [0.1, 0.15) is 5.01 Å². The first kappa shape index (κ1) is 21.1. The number of carbonyl (C=O) groups is 1. The molecule has 5 nitrogen and oxygen atoms in total. The van der Waals surface area contributed by atoms with Crippen LogP contribution in [0.15, 0.2) is 60.7 Å². The topological polar surface area (TPSA) is 49.3 Å². The lowest BCUT2D eigenvalue weighted by molar-refractivity contribution is -0.132. The Labute approximate surface area is 194 Å². The number of benzene rings is 2. The first-order chi connectivity index (χ1) is 15.8. The van der Waals surface area contributed by atoms with E-state index in [2.05, 4.69) is 39.4 Å². The Morgan fingerprint density at radius 1 is 0.812 bits per heavy atom. The molecule has 1 aliphatic heterocycles. The Hall–Kier alpha value is -2.73. The van der Waals surface area contributed by atoms with Crippen LogP contribution in [0.3, 0.4) is 0 Å². The summed E-state index contributed by atoms with van der Waals surface area (Å²) in [7, 11) is 0. The summed E-state index contributed by atoms with van der Waals surface area (Å²) in [5, 5.41) is 11.2. The van der Waals surface area contributed by atoms with Crippen LogP contribution in [-0.4, -0.2) is 47.2 Å². The molecule has 166 valence electrons. The predicted octanol–water partition coefficient (Wildman–Crippen LogP) is 5.07. The number of carbonyl (C=O) groups excluding carboxylic acids is 1. The third-order valence-electron chi connectivity index (χ3n) is 6.76. The molecule has 1 aromatic heterocycles. The van der Waals surface area contributed by atoms with Crippen LogP contribution in [0.5, 0.6) is 0 Å². The molecular weight excluding hydrogens is 416 g/mol. The Morgan fingerprint density at radius 3 is 2.00 bits per heavy atom. The van der Waals surface area contributed by atoms with Gasteiger partial charge < -0.3 is 9.80 Å². The maximum Gasteiger partial charge on any atom is 0.234 e. The van der Waals surface area contributed by atoms with Gasteiger partial charge in [0.2, 0.25) is 11.0 Å². The lowest BCUT2D eigenvalue weighted by atomic mass is 9.90. The van der Waals surface area contributed by atoms with Crippen LogP contribution in [0.1, 0.15) is 60.1 Å². The largest absolute Gasteiger partial charge is 0.343 e. The summed E-state index contributed by atoms with van der Waals surface area (Å²) in [4.78, 5) is 18.0. The molecular formula is C26H30N4OS. The van der Waals surface area contributed by atoms with Gasteiger partial charge in [-0.05, 0) is 24.0 Å². The van der Waals surface area contributed by atoms with Crippen LogP contribution < -0.4 is 4.90 Å². The van der Waals surface area contributed by atoms with Gasteiger partial charge in [-0.1, -0.05) is 91.3 Å². The molecule has 6 heteroatoms. The minimum atomic E-state index is -0.261. The molecule has 0 spiro atoms. The van der Waals surface area contributed by atoms with Gasteiger partial charge in [-0.3, -0.25) is 4.79 Å². The van der Waals surface area contributed by atoms with Crippen molar-refractivity contribution >= 4 is 22.4 Å². The average Bonchev–Trinajstić information content (AvgIpc) is 3.37. The molecule has 32 heavy (non-hydrogen) atoms. The highest BCUT2D eigenvalue weighted by atomic mass is 32.1. The number of aromatic nitrogens is 2. The van der Waals surface area contributed by atoms with Crippen molar-refractivity contribution in [2.24, 2.45) is 0 Å². The number of anilines is 1. The molecule has 0 bridgehead atoms. The van der Waals surface area contributed by atoms with Crippen LogP contribution in [0.2, 0.25) is 0 Å². The normalized spacial score (nSPS) is 17.7. The lowest BCUT2D eigenvalue weighted by Gasteiger charge is -2.36. The van der Waals surface area contributed by atoms with Crippen molar-refractivity contribution in [1.29, 1.82) is 0 Å². The molecule has 5 rings (SSSR count). The standard InChI is InChI=1S/C26H30N4OS/c31-25(23(20-10-4-1-5-11-20)21-12-6-2-7-13-21)29-16-18-30(19-17-29)26-28-27-24(32-26)22-14-8-3-9-15-22/h1-2,4-7,10-13,22-23H,3,8-9,14-19H2. The molecule has 0 radical (unpaired) electrons. The molecule has 0 N–H and O–H groups in total. The van der Waals surface area contributed by atoms with Crippen molar-refractivity contribution in [1.82, 2.24) is 15.1 Å². The molecule has 1 amide bonds. The summed E-state index contributed by atoms with van der Waals surface area (Å²) < 4.78 is 0. The predicted molar refractivity (Wildman–Crippen MR) is 129 cm³/mol. The van der Waals surface area contributed by atoms with E-state index in [1.54, 1.807) is 11.3 Å². The van der Waals surface area contributed by atoms with E-state index in [9.17, 15) is 4.79 Å². The van der Waals surface area contributed by atoms with Gasteiger partial charge in [0.15, 0.2) is 0 Å². The van der Waals surface area contributed by atoms with Crippen LogP contribution in [0.4, 0.5) is 5.13 Å². The summed E-state index contributed by atoms with van der Waals surface area (Å²) in [5.41, 5.74) is 2.10. The number of piperazine rings is 1. The zero-order valence-electron chi connectivity index (χ0n) is 18.4. The number of hydrogen-bond donors (Lipinski definition) is 0. The summed E-state index contributed by atoms with van der Waals surface area (Å²) in [6.45, 7) is 3.05. The third kappa shape index (κ3) is 4.56. The van der Waals surface area contributed by atoms with Crippen molar-refractivity contribution < 1.29 is 4.79 Å². The van der Waals surface area contributed by atoms with E-state index in [-0.39, 0.29) is 11.8 Å². The molecule has 2 fully saturated rings. The SMILES string of the molecule is O=C(C(c1ccccc1)c1ccccc1)N1CCN(c2nnc(C3CCCCC3)s2)CC1. The second-order valence-electron chi connectivity index (χ2n) is 8.82. The van der Waals surface area contributed by atoms with Crippen LogP contribution in [-0.2, 0) is 4.79 Å². The zero-order valence-corrected chi connectivity index (χ0v) is 19.2. The summed E-state index contributed by atoms with van der Waals surface area (Å²) in [6.07, 6.45) is 6.47. The van der Waals surface area contributed by atoms with E-state index in [4.69, 9.17) is 0 Å². The van der Waals surface area contributed by atoms with Crippen molar-refractivity contribution in [2.75, 3.05) is 31.1 Å². The molecule has 1 aliphatic carbocycles. The van der Waals surface area contributed by atoms with Gasteiger partial charge in [0.25, 0.3) is 0 Å². The fourth-order valence-electron chi connectivity index (χ4n) is 4.94. The van der Waals surface area contributed by atoms with E-state index < -0.39 is 0 Å². The smallest absolute Gasteiger partial charge is 0.234 e. The number of hydrogen-bond acceptors (Lipinski definition) is 5. The van der Waals surface area contributed by atoms with Crippen LogP contribution >= 0.6 is 11.3 Å². The minimum Gasteiger partial charge on any atom is -0.343 e. The third-order valence-corrected chi connectivity index (χ3v) is 7.91. The fourth-order valence-corrected chi connectivity index (χ4v) is 6.00. The van der Waals surface area contributed by atoms with Crippen LogP contribution in [0.25, 0.3) is 0 Å². The second-order valence-corrected chi connectivity index (χ2v) is 9.81. The minimum absolute atomic E-state index is 0.183. The Kier molecular flexibility index (Phi) is 6.49. The zero-order chi connectivity index (χ0) is 21.8. The highest BCUT2D eigenvalue weighted by Crippen LogP contribution is 2.36. The van der Waals surface area contributed by atoms with Gasteiger partial charge in [0, 0.05) is 32.1 Å². The van der Waals surface area contributed by atoms with Crippen molar-refractivity contribution in [2.45, 2.75) is 43.9 Å². The lowest BCUT2D eigenvalue weighted by Crippen LogP contribution is -2.50. The molecule has 3 aromatic rings. The summed E-state index contributed by atoms with van der Waals surface area (Å²) >= 11 is 1.76. The van der Waals surface area contributed by atoms with Gasteiger partial charge >= 0.3 is 0 Å². The van der Waals surface area contributed by atoms with Crippen molar-refractivity contribution in [3.05, 3.63) is 76.8 Å². The Morgan fingerprint density at radius 2 is 1.41 bits per heavy atom. The van der Waals surface area contributed by atoms with E-state index in [0.29, 0.717) is 19.0 Å². The van der Waals surface area contributed by atoms with E-state index in [0.717, 1.165) is 29.3 Å². The highest BCUT2D eigenvalue weighted by molar-refractivity contribution is 7.15. The van der Waals surface area contributed by atoms with E-state index >= 15 is 0 Å². The molecule has 2 heterocycles. The Balaban J connectivity index is 1.27. The number of nitrogens with zero attached hydrogens (tertiary/aromatic N) is 4. The number of amides is 1. The molecule has 0 atom stereocenters. The molecule has 1 saturated heterocycles. The highest BCUT2D eigenvalue weighted by Gasteiger charge is 2.31. The first-order valence-corrected chi connectivity index (χ1v) is 12.6. The van der Waals surface area contributed by atoms with Crippen LogP contribution in [0, 0.1) is 0 Å². The number of rotatable bonds is 5. The summed E-state index contributed by atoms with van der Waals surface area (Å²) in [5.74, 6) is 0.515. The van der Waals surface area contributed by atoms with Gasteiger partial charge in [-0.15, -0.1) is 10.2 Å².